The summed E-state index contributed by atoms with van der Waals surface area (Å²) >= 11 is 0. The Morgan fingerprint density at radius 2 is 2.27 bits per heavy atom. The van der Waals surface area contributed by atoms with Gasteiger partial charge in [0.25, 0.3) is 0 Å². The highest BCUT2D eigenvalue weighted by Crippen LogP contribution is 2.19. The number of ether oxygens (including phenoxy) is 1. The van der Waals surface area contributed by atoms with Crippen molar-refractivity contribution < 1.29 is 4.74 Å². The van der Waals surface area contributed by atoms with Crippen molar-refractivity contribution >= 4 is 0 Å². The molecule has 0 spiro atoms. The van der Waals surface area contributed by atoms with E-state index in [0.717, 1.165) is 12.3 Å². The molecule has 0 saturated heterocycles. The van der Waals surface area contributed by atoms with Crippen LogP contribution >= 0.6 is 0 Å². The van der Waals surface area contributed by atoms with Gasteiger partial charge in [0.2, 0.25) is 0 Å². The number of nitrogens with one attached hydrogen (secondary N) is 1. The monoisotopic (exact) mass is 205 g/mol. The van der Waals surface area contributed by atoms with Gasteiger partial charge in [-0.05, 0) is 31.2 Å². The molecule has 0 aliphatic heterocycles. The Bertz CT molecular complexity index is 309. The molecule has 0 radical (unpaired) electrons. The van der Waals surface area contributed by atoms with Crippen LogP contribution in [0.15, 0.2) is 36.9 Å². The first-order valence-electron chi connectivity index (χ1n) is 5.40. The minimum Gasteiger partial charge on any atom is -0.494 e. The lowest BCUT2D eigenvalue weighted by molar-refractivity contribution is 0.339. The van der Waals surface area contributed by atoms with Crippen molar-refractivity contribution in [1.29, 1.82) is 0 Å². The maximum Gasteiger partial charge on any atom is 0.119 e. The van der Waals surface area contributed by atoms with Crippen LogP contribution in [-0.4, -0.2) is 13.2 Å². The van der Waals surface area contributed by atoms with E-state index in [9.17, 15) is 0 Å². The van der Waals surface area contributed by atoms with Gasteiger partial charge < -0.3 is 10.1 Å². The van der Waals surface area contributed by atoms with Crippen LogP contribution in [0.1, 0.15) is 25.5 Å². The molecule has 0 bridgehead atoms. The molecule has 1 aromatic rings. The normalized spacial score (nSPS) is 12.1. The Kier molecular flexibility index (Phi) is 4.91. The van der Waals surface area contributed by atoms with Crippen molar-refractivity contribution in [2.45, 2.75) is 19.9 Å². The second-order valence-corrected chi connectivity index (χ2v) is 3.28. The zero-order valence-corrected chi connectivity index (χ0v) is 9.49. The molecular formula is C13H19NO. The van der Waals surface area contributed by atoms with E-state index in [-0.39, 0.29) is 6.04 Å². The number of likely N-dealkylation sites (N-methyl/N-ethyl adjacent to an activating group) is 1. The highest BCUT2D eigenvalue weighted by molar-refractivity contribution is 5.32. The minimum atomic E-state index is 0.204. The second kappa shape index (κ2) is 6.25. The van der Waals surface area contributed by atoms with Crippen LogP contribution < -0.4 is 10.1 Å². The highest BCUT2D eigenvalue weighted by Gasteiger charge is 2.05. The molecule has 1 N–H and O–H groups in total. The van der Waals surface area contributed by atoms with Crippen molar-refractivity contribution in [1.82, 2.24) is 5.32 Å². The van der Waals surface area contributed by atoms with E-state index < -0.39 is 0 Å². The molecule has 1 rings (SSSR count). The standard InChI is InChI=1S/C13H19NO/c1-4-13(14-5-2)11-8-7-9-12(10-11)15-6-3/h4,7-10,13-14H,1,5-6H2,2-3H3. The molecule has 0 aliphatic carbocycles. The third-order valence-corrected chi connectivity index (χ3v) is 2.19. The van der Waals surface area contributed by atoms with E-state index in [1.165, 1.54) is 5.56 Å². The van der Waals surface area contributed by atoms with Gasteiger partial charge in [-0.3, -0.25) is 0 Å². The molecule has 1 unspecified atom stereocenters. The summed E-state index contributed by atoms with van der Waals surface area (Å²) in [6.07, 6.45) is 1.91. The summed E-state index contributed by atoms with van der Waals surface area (Å²) in [6, 6.07) is 8.32. The zero-order valence-electron chi connectivity index (χ0n) is 9.49. The first-order valence-corrected chi connectivity index (χ1v) is 5.40. The summed E-state index contributed by atoms with van der Waals surface area (Å²) in [6.45, 7) is 9.53. The summed E-state index contributed by atoms with van der Waals surface area (Å²) < 4.78 is 5.46. The molecule has 82 valence electrons. The smallest absolute Gasteiger partial charge is 0.119 e. The zero-order chi connectivity index (χ0) is 11.1. The molecular weight excluding hydrogens is 186 g/mol. The largest absolute Gasteiger partial charge is 0.494 e. The lowest BCUT2D eigenvalue weighted by atomic mass is 10.1. The minimum absolute atomic E-state index is 0.204. The van der Waals surface area contributed by atoms with Crippen molar-refractivity contribution in [3.8, 4) is 5.75 Å². The van der Waals surface area contributed by atoms with E-state index >= 15 is 0 Å². The summed E-state index contributed by atoms with van der Waals surface area (Å²) in [5, 5.41) is 3.34. The Hall–Kier alpha value is -1.28. The molecule has 15 heavy (non-hydrogen) atoms. The Balaban J connectivity index is 2.82. The number of hydrogen-bond acceptors (Lipinski definition) is 2. The molecule has 0 saturated carbocycles. The van der Waals surface area contributed by atoms with Crippen LogP contribution in [0.3, 0.4) is 0 Å². The summed E-state index contributed by atoms with van der Waals surface area (Å²) in [7, 11) is 0. The molecule has 1 aromatic carbocycles. The molecule has 0 fully saturated rings. The van der Waals surface area contributed by atoms with Crippen molar-refractivity contribution in [2.24, 2.45) is 0 Å². The van der Waals surface area contributed by atoms with Gasteiger partial charge in [0, 0.05) is 0 Å². The fourth-order valence-electron chi connectivity index (χ4n) is 1.52. The molecule has 2 nitrogen and oxygen atoms in total. The van der Waals surface area contributed by atoms with Gasteiger partial charge in [-0.2, -0.15) is 0 Å². The van der Waals surface area contributed by atoms with Crippen molar-refractivity contribution in [3.05, 3.63) is 42.5 Å². The summed E-state index contributed by atoms with van der Waals surface area (Å²) in [5.41, 5.74) is 1.19. The summed E-state index contributed by atoms with van der Waals surface area (Å²) in [5.74, 6) is 0.916. The fraction of sp³-hybridized carbons (Fsp3) is 0.385. The Morgan fingerprint density at radius 1 is 1.47 bits per heavy atom. The molecule has 1 atom stereocenters. The summed E-state index contributed by atoms with van der Waals surface area (Å²) in [4.78, 5) is 0. The first-order chi connectivity index (χ1) is 7.31. The van der Waals surface area contributed by atoms with Gasteiger partial charge in [-0.1, -0.05) is 25.1 Å². The molecule has 0 amide bonds. The van der Waals surface area contributed by atoms with Crippen LogP contribution in [0.5, 0.6) is 5.75 Å². The molecule has 0 aliphatic rings. The van der Waals surface area contributed by atoms with Crippen LogP contribution in [0.2, 0.25) is 0 Å². The van der Waals surface area contributed by atoms with E-state index in [2.05, 4.69) is 31.0 Å². The van der Waals surface area contributed by atoms with Gasteiger partial charge >= 0.3 is 0 Å². The van der Waals surface area contributed by atoms with Gasteiger partial charge in [0.05, 0.1) is 12.6 Å². The third-order valence-electron chi connectivity index (χ3n) is 2.19. The van der Waals surface area contributed by atoms with Crippen molar-refractivity contribution in [2.75, 3.05) is 13.2 Å². The second-order valence-electron chi connectivity index (χ2n) is 3.28. The number of benzene rings is 1. The van der Waals surface area contributed by atoms with Crippen LogP contribution in [0.25, 0.3) is 0 Å². The van der Waals surface area contributed by atoms with Crippen molar-refractivity contribution in [3.63, 3.8) is 0 Å². The maximum atomic E-state index is 5.46. The first kappa shape index (κ1) is 11.8. The van der Waals surface area contributed by atoms with Gasteiger partial charge in [-0.25, -0.2) is 0 Å². The van der Waals surface area contributed by atoms with E-state index in [4.69, 9.17) is 4.74 Å². The van der Waals surface area contributed by atoms with E-state index in [1.807, 2.05) is 25.1 Å². The Morgan fingerprint density at radius 3 is 2.87 bits per heavy atom. The van der Waals surface area contributed by atoms with Gasteiger partial charge in [0.1, 0.15) is 5.75 Å². The highest BCUT2D eigenvalue weighted by atomic mass is 16.5. The molecule has 2 heteroatoms. The predicted octanol–water partition coefficient (Wildman–Crippen LogP) is 2.92. The molecule has 0 heterocycles. The number of hydrogen-bond donors (Lipinski definition) is 1. The van der Waals surface area contributed by atoms with E-state index in [0.29, 0.717) is 6.61 Å². The van der Waals surface area contributed by atoms with E-state index in [1.54, 1.807) is 0 Å². The average Bonchev–Trinajstić information content (AvgIpc) is 2.27. The van der Waals surface area contributed by atoms with Gasteiger partial charge in [-0.15, -0.1) is 6.58 Å². The van der Waals surface area contributed by atoms with Crippen LogP contribution in [0.4, 0.5) is 0 Å². The molecule has 0 aromatic heterocycles. The van der Waals surface area contributed by atoms with Crippen LogP contribution in [0, 0.1) is 0 Å². The lowest BCUT2D eigenvalue weighted by Crippen LogP contribution is -2.18. The fourth-order valence-corrected chi connectivity index (χ4v) is 1.52. The third kappa shape index (κ3) is 3.40. The quantitative estimate of drug-likeness (QED) is 0.721. The SMILES string of the molecule is C=CC(NCC)c1cccc(OCC)c1. The van der Waals surface area contributed by atoms with Crippen LogP contribution in [-0.2, 0) is 0 Å². The average molecular weight is 205 g/mol. The number of rotatable bonds is 6. The predicted molar refractivity (Wildman–Crippen MR) is 64.2 cm³/mol. The topological polar surface area (TPSA) is 21.3 Å². The lowest BCUT2D eigenvalue weighted by Gasteiger charge is -2.14. The Labute approximate surface area is 92.0 Å². The van der Waals surface area contributed by atoms with Gasteiger partial charge in [0.15, 0.2) is 0 Å². The maximum absolute atomic E-state index is 5.46.